The molecule has 2 rings (SSSR count). The maximum atomic E-state index is 12.0. The van der Waals surface area contributed by atoms with Gasteiger partial charge >= 0.3 is 0 Å². The Hall–Kier alpha value is -1.43. The molecule has 1 aliphatic heterocycles. The van der Waals surface area contributed by atoms with Crippen molar-refractivity contribution in [3.8, 4) is 0 Å². The zero-order valence-corrected chi connectivity index (χ0v) is 11.8. The van der Waals surface area contributed by atoms with Crippen molar-refractivity contribution in [1.82, 2.24) is 10.6 Å². The van der Waals surface area contributed by atoms with Crippen LogP contribution in [0.3, 0.4) is 0 Å². The van der Waals surface area contributed by atoms with Crippen molar-refractivity contribution >= 4 is 5.91 Å². The molecule has 0 saturated carbocycles. The van der Waals surface area contributed by atoms with E-state index in [2.05, 4.69) is 10.6 Å². The molecule has 0 aromatic heterocycles. The number of rotatable bonds is 6. The van der Waals surface area contributed by atoms with Crippen molar-refractivity contribution < 1.29 is 14.6 Å². The summed E-state index contributed by atoms with van der Waals surface area (Å²) in [4.78, 5) is 12.0. The second-order valence-corrected chi connectivity index (χ2v) is 4.97. The molecule has 5 nitrogen and oxygen atoms in total. The number of aliphatic hydroxyl groups excluding tert-OH is 1. The van der Waals surface area contributed by atoms with Crippen LogP contribution in [-0.4, -0.2) is 36.3 Å². The lowest BCUT2D eigenvalue weighted by Crippen LogP contribution is -2.40. The molecule has 0 spiro atoms. The molecule has 110 valence electrons. The molecule has 0 bridgehead atoms. The van der Waals surface area contributed by atoms with Crippen molar-refractivity contribution in [2.45, 2.75) is 38.6 Å². The smallest absolute Gasteiger partial charge is 0.237 e. The van der Waals surface area contributed by atoms with Gasteiger partial charge in [-0.25, -0.2) is 0 Å². The molecule has 1 saturated heterocycles. The highest BCUT2D eigenvalue weighted by Crippen LogP contribution is 2.11. The summed E-state index contributed by atoms with van der Waals surface area (Å²) in [6, 6.07) is 7.63. The number of nitrogens with one attached hydrogen (secondary N) is 2. The number of carbonyl (C=O) groups excluding carboxylic acids is 1. The second-order valence-electron chi connectivity index (χ2n) is 4.97. The molecular weight excluding hydrogens is 256 g/mol. The maximum Gasteiger partial charge on any atom is 0.237 e. The molecule has 1 aromatic carbocycles. The molecule has 0 aliphatic carbocycles. The van der Waals surface area contributed by atoms with E-state index >= 15 is 0 Å². The first-order chi connectivity index (χ1) is 9.70. The summed E-state index contributed by atoms with van der Waals surface area (Å²) in [5.74, 6) is -0.0623. The van der Waals surface area contributed by atoms with Crippen LogP contribution in [0.2, 0.25) is 0 Å². The van der Waals surface area contributed by atoms with Gasteiger partial charge in [0.05, 0.1) is 18.8 Å². The molecule has 3 N–H and O–H groups in total. The van der Waals surface area contributed by atoms with Gasteiger partial charge in [0.1, 0.15) is 0 Å². The number of hydrogen-bond acceptors (Lipinski definition) is 4. The van der Waals surface area contributed by atoms with E-state index in [0.717, 1.165) is 11.1 Å². The van der Waals surface area contributed by atoms with Gasteiger partial charge in [-0.15, -0.1) is 0 Å². The Morgan fingerprint density at radius 1 is 1.45 bits per heavy atom. The number of carbonyl (C=O) groups is 1. The van der Waals surface area contributed by atoms with Crippen molar-refractivity contribution in [3.63, 3.8) is 0 Å². The summed E-state index contributed by atoms with van der Waals surface area (Å²) < 4.78 is 5.42. The lowest BCUT2D eigenvalue weighted by atomic mass is 10.1. The largest absolute Gasteiger partial charge is 0.392 e. The van der Waals surface area contributed by atoms with Crippen LogP contribution in [0, 0.1) is 0 Å². The van der Waals surface area contributed by atoms with Gasteiger partial charge in [-0.3, -0.25) is 4.79 Å². The van der Waals surface area contributed by atoms with Gasteiger partial charge < -0.3 is 20.5 Å². The van der Waals surface area contributed by atoms with Gasteiger partial charge in [0.2, 0.25) is 5.91 Å². The van der Waals surface area contributed by atoms with E-state index in [0.29, 0.717) is 32.7 Å². The van der Waals surface area contributed by atoms with E-state index in [-0.39, 0.29) is 11.9 Å². The number of β-amino-alcohol motifs (C(OH)–C–C–N with tert-alkyl or cyclic N) is 1. The van der Waals surface area contributed by atoms with Gasteiger partial charge in [-0.1, -0.05) is 24.3 Å². The fraction of sp³-hybridized carbons (Fsp3) is 0.533. The van der Waals surface area contributed by atoms with Crippen molar-refractivity contribution in [2.75, 3.05) is 13.2 Å². The number of amides is 1. The topological polar surface area (TPSA) is 70.6 Å². The van der Waals surface area contributed by atoms with Gasteiger partial charge in [0, 0.05) is 19.7 Å². The molecule has 5 heteroatoms. The van der Waals surface area contributed by atoms with Crippen molar-refractivity contribution in [3.05, 3.63) is 35.4 Å². The SMILES string of the molecule is CCOCc1ccccc1CNC(=O)C1CC(O)CN1. The average molecular weight is 278 g/mol. The summed E-state index contributed by atoms with van der Waals surface area (Å²) in [5.41, 5.74) is 2.15. The predicted octanol–water partition coefficient (Wildman–Crippen LogP) is 0.562. The van der Waals surface area contributed by atoms with Crippen LogP contribution in [-0.2, 0) is 22.7 Å². The minimum Gasteiger partial charge on any atom is -0.392 e. The van der Waals surface area contributed by atoms with E-state index in [1.165, 1.54) is 0 Å². The fourth-order valence-electron chi connectivity index (χ4n) is 2.31. The van der Waals surface area contributed by atoms with Crippen molar-refractivity contribution in [1.29, 1.82) is 0 Å². The normalized spacial score (nSPS) is 21.9. The standard InChI is InChI=1S/C15H22N2O3/c1-2-20-10-12-6-4-3-5-11(12)8-17-15(19)14-7-13(18)9-16-14/h3-6,13-14,16,18H,2,7-10H2,1H3,(H,17,19). The Bertz CT molecular complexity index is 450. The zero-order valence-electron chi connectivity index (χ0n) is 11.8. The van der Waals surface area contributed by atoms with Crippen LogP contribution >= 0.6 is 0 Å². The zero-order chi connectivity index (χ0) is 14.4. The van der Waals surface area contributed by atoms with E-state index in [1.54, 1.807) is 0 Å². The van der Waals surface area contributed by atoms with Crippen LogP contribution < -0.4 is 10.6 Å². The Morgan fingerprint density at radius 2 is 2.20 bits per heavy atom. The molecule has 20 heavy (non-hydrogen) atoms. The third kappa shape index (κ3) is 4.03. The fourth-order valence-corrected chi connectivity index (χ4v) is 2.31. The summed E-state index contributed by atoms with van der Waals surface area (Å²) >= 11 is 0. The monoisotopic (exact) mass is 278 g/mol. The Kier molecular flexibility index (Phi) is 5.52. The van der Waals surface area contributed by atoms with Crippen LogP contribution in [0.4, 0.5) is 0 Å². The van der Waals surface area contributed by atoms with Gasteiger partial charge in [-0.2, -0.15) is 0 Å². The van der Waals surface area contributed by atoms with Crippen LogP contribution in [0.5, 0.6) is 0 Å². The highest BCUT2D eigenvalue weighted by atomic mass is 16.5. The Morgan fingerprint density at radius 3 is 2.85 bits per heavy atom. The lowest BCUT2D eigenvalue weighted by molar-refractivity contribution is -0.123. The van der Waals surface area contributed by atoms with Crippen LogP contribution in [0.15, 0.2) is 24.3 Å². The number of hydrogen-bond donors (Lipinski definition) is 3. The third-order valence-electron chi connectivity index (χ3n) is 3.46. The third-order valence-corrected chi connectivity index (χ3v) is 3.46. The van der Waals surface area contributed by atoms with E-state index < -0.39 is 6.10 Å². The first-order valence-corrected chi connectivity index (χ1v) is 7.04. The molecule has 1 amide bonds. The summed E-state index contributed by atoms with van der Waals surface area (Å²) in [6.07, 6.45) is 0.0582. The molecule has 1 fully saturated rings. The van der Waals surface area contributed by atoms with E-state index in [9.17, 15) is 9.90 Å². The summed E-state index contributed by atoms with van der Waals surface area (Å²) in [7, 11) is 0. The second kappa shape index (κ2) is 7.38. The van der Waals surface area contributed by atoms with E-state index in [1.807, 2.05) is 31.2 Å². The van der Waals surface area contributed by atoms with Gasteiger partial charge in [0.15, 0.2) is 0 Å². The van der Waals surface area contributed by atoms with E-state index in [4.69, 9.17) is 4.74 Å². The lowest BCUT2D eigenvalue weighted by Gasteiger charge is -2.13. The predicted molar refractivity (Wildman–Crippen MR) is 76.0 cm³/mol. The minimum atomic E-state index is -0.420. The van der Waals surface area contributed by atoms with Gasteiger partial charge in [0.25, 0.3) is 0 Å². The van der Waals surface area contributed by atoms with Gasteiger partial charge in [-0.05, 0) is 24.5 Å². The molecule has 1 heterocycles. The Labute approximate surface area is 119 Å². The average Bonchev–Trinajstić information content (AvgIpc) is 2.90. The quantitative estimate of drug-likeness (QED) is 0.711. The number of aliphatic hydroxyl groups is 1. The number of ether oxygens (including phenoxy) is 1. The minimum absolute atomic E-state index is 0.0623. The molecule has 2 atom stereocenters. The summed E-state index contributed by atoms with van der Waals surface area (Å²) in [6.45, 7) is 4.16. The molecule has 1 aromatic rings. The molecule has 0 radical (unpaired) electrons. The molecule has 1 aliphatic rings. The highest BCUT2D eigenvalue weighted by molar-refractivity contribution is 5.82. The first kappa shape index (κ1) is 15.0. The number of benzene rings is 1. The maximum absolute atomic E-state index is 12.0. The first-order valence-electron chi connectivity index (χ1n) is 7.04. The highest BCUT2D eigenvalue weighted by Gasteiger charge is 2.27. The van der Waals surface area contributed by atoms with Crippen LogP contribution in [0.25, 0.3) is 0 Å². The molecule has 2 unspecified atom stereocenters. The van der Waals surface area contributed by atoms with Crippen LogP contribution in [0.1, 0.15) is 24.5 Å². The van der Waals surface area contributed by atoms with Crippen molar-refractivity contribution in [2.24, 2.45) is 0 Å². The summed E-state index contributed by atoms with van der Waals surface area (Å²) in [5, 5.41) is 15.3. The molecular formula is C15H22N2O3. The Balaban J connectivity index is 1.88.